The van der Waals surface area contributed by atoms with Gasteiger partial charge in [0, 0.05) is 12.1 Å². The van der Waals surface area contributed by atoms with Crippen LogP contribution in [0, 0.1) is 12.7 Å². The van der Waals surface area contributed by atoms with Gasteiger partial charge in [-0.1, -0.05) is 48.5 Å². The average molecular weight is 412 g/mol. The van der Waals surface area contributed by atoms with Gasteiger partial charge in [0.05, 0.1) is 6.04 Å². The first kappa shape index (κ1) is 19.4. The lowest BCUT2D eigenvalue weighted by atomic mass is 10.0. The SMILES string of the molecule is CCCc1nnc2n1N[C@H](c1ccc(F)cc1)[C@@H](C(=O)Nc1ccc(C)cc1)S2. The quantitative estimate of drug-likeness (QED) is 0.662. The van der Waals surface area contributed by atoms with Crippen LogP contribution < -0.4 is 10.7 Å². The van der Waals surface area contributed by atoms with Gasteiger partial charge >= 0.3 is 0 Å². The Morgan fingerprint density at radius 1 is 1.17 bits per heavy atom. The van der Waals surface area contributed by atoms with Gasteiger partial charge in [-0.05, 0) is 43.2 Å². The number of hydrogen-bond acceptors (Lipinski definition) is 5. The number of hydrogen-bond donors (Lipinski definition) is 2. The summed E-state index contributed by atoms with van der Waals surface area (Å²) in [5.74, 6) is 0.362. The van der Waals surface area contributed by atoms with Gasteiger partial charge in [-0.3, -0.25) is 4.79 Å². The number of nitrogens with one attached hydrogen (secondary N) is 2. The number of thioether (sulfide) groups is 1. The van der Waals surface area contributed by atoms with Crippen molar-refractivity contribution in [2.75, 3.05) is 10.7 Å². The molecule has 0 aliphatic carbocycles. The summed E-state index contributed by atoms with van der Waals surface area (Å²) in [5.41, 5.74) is 6.06. The number of aromatic nitrogens is 3. The number of fused-ring (bicyclic) bond motifs is 1. The number of carbonyl (C=O) groups is 1. The molecule has 3 aromatic rings. The summed E-state index contributed by atoms with van der Waals surface area (Å²) in [6.07, 6.45) is 1.71. The van der Waals surface area contributed by atoms with Gasteiger partial charge in [-0.25, -0.2) is 9.07 Å². The van der Waals surface area contributed by atoms with Crippen LogP contribution in [0.2, 0.25) is 0 Å². The normalized spacial score (nSPS) is 18.0. The second kappa shape index (κ2) is 8.24. The van der Waals surface area contributed by atoms with E-state index in [4.69, 9.17) is 0 Å². The highest BCUT2D eigenvalue weighted by Gasteiger charge is 2.37. The lowest BCUT2D eigenvalue weighted by Gasteiger charge is -2.33. The topological polar surface area (TPSA) is 71.8 Å². The van der Waals surface area contributed by atoms with Crippen molar-refractivity contribution >= 4 is 23.4 Å². The zero-order chi connectivity index (χ0) is 20.4. The highest BCUT2D eigenvalue weighted by molar-refractivity contribution is 8.00. The minimum Gasteiger partial charge on any atom is -0.325 e. The summed E-state index contributed by atoms with van der Waals surface area (Å²) in [4.78, 5) is 13.1. The molecule has 2 aromatic carbocycles. The Morgan fingerprint density at radius 3 is 2.59 bits per heavy atom. The molecule has 8 heteroatoms. The van der Waals surface area contributed by atoms with Crippen LogP contribution in [-0.4, -0.2) is 26.0 Å². The number of halogens is 1. The van der Waals surface area contributed by atoms with Crippen LogP contribution >= 0.6 is 11.8 Å². The van der Waals surface area contributed by atoms with E-state index in [2.05, 4.69) is 27.9 Å². The molecule has 0 saturated carbocycles. The zero-order valence-corrected chi connectivity index (χ0v) is 17.0. The van der Waals surface area contributed by atoms with E-state index in [0.29, 0.717) is 5.16 Å². The van der Waals surface area contributed by atoms with Crippen molar-refractivity contribution < 1.29 is 9.18 Å². The third-order valence-electron chi connectivity index (χ3n) is 4.78. The first-order chi connectivity index (χ1) is 14.0. The molecule has 1 aromatic heterocycles. The average Bonchev–Trinajstić information content (AvgIpc) is 3.11. The molecule has 29 heavy (non-hydrogen) atoms. The lowest BCUT2D eigenvalue weighted by molar-refractivity contribution is -0.116. The summed E-state index contributed by atoms with van der Waals surface area (Å²) >= 11 is 1.36. The Bertz CT molecular complexity index is 1000. The van der Waals surface area contributed by atoms with Crippen LogP contribution in [0.25, 0.3) is 0 Å². The molecule has 0 unspecified atom stereocenters. The Kier molecular flexibility index (Phi) is 5.53. The molecule has 2 N–H and O–H groups in total. The largest absolute Gasteiger partial charge is 0.325 e. The third kappa shape index (κ3) is 4.12. The number of amides is 1. The van der Waals surface area contributed by atoms with Gasteiger partial charge < -0.3 is 10.7 Å². The molecule has 150 valence electrons. The molecule has 0 spiro atoms. The predicted octanol–water partition coefficient (Wildman–Crippen LogP) is 4.08. The number of carbonyl (C=O) groups excluding carboxylic acids is 1. The fourth-order valence-corrected chi connectivity index (χ4v) is 4.35. The maximum absolute atomic E-state index is 13.5. The molecule has 2 heterocycles. The Balaban J connectivity index is 1.65. The smallest absolute Gasteiger partial charge is 0.240 e. The van der Waals surface area contributed by atoms with E-state index in [9.17, 15) is 9.18 Å². The van der Waals surface area contributed by atoms with E-state index >= 15 is 0 Å². The van der Waals surface area contributed by atoms with Crippen LogP contribution in [0.5, 0.6) is 0 Å². The van der Waals surface area contributed by atoms with Crippen molar-refractivity contribution in [1.82, 2.24) is 14.9 Å². The van der Waals surface area contributed by atoms with Crippen LogP contribution in [0.1, 0.15) is 36.3 Å². The van der Waals surface area contributed by atoms with Gasteiger partial charge in [0.25, 0.3) is 0 Å². The first-order valence-electron chi connectivity index (χ1n) is 9.55. The molecule has 0 bridgehead atoms. The standard InChI is InChI=1S/C21H22FN5OS/c1-3-4-17-24-25-21-27(17)26-18(14-7-9-15(22)10-8-14)19(29-21)20(28)23-16-11-5-13(2)6-12-16/h5-12,18-19,26H,3-4H2,1-2H3,(H,23,28)/t18-,19+/m1/s1. The number of nitrogens with zero attached hydrogens (tertiary/aromatic N) is 3. The second-order valence-corrected chi connectivity index (χ2v) is 8.14. The van der Waals surface area contributed by atoms with Gasteiger partial charge in [0.15, 0.2) is 5.82 Å². The van der Waals surface area contributed by atoms with Crippen LogP contribution in [-0.2, 0) is 11.2 Å². The van der Waals surface area contributed by atoms with Crippen molar-refractivity contribution in [3.8, 4) is 0 Å². The summed E-state index contributed by atoms with van der Waals surface area (Å²) in [5, 5.41) is 11.6. The molecule has 0 saturated heterocycles. The molecule has 0 fully saturated rings. The molecule has 6 nitrogen and oxygen atoms in total. The van der Waals surface area contributed by atoms with E-state index in [1.54, 1.807) is 12.1 Å². The lowest BCUT2D eigenvalue weighted by Crippen LogP contribution is -2.41. The maximum atomic E-state index is 13.5. The maximum Gasteiger partial charge on any atom is 0.240 e. The van der Waals surface area contributed by atoms with Crippen molar-refractivity contribution in [3.05, 3.63) is 71.3 Å². The zero-order valence-electron chi connectivity index (χ0n) is 16.2. The van der Waals surface area contributed by atoms with Crippen LogP contribution in [0.4, 0.5) is 10.1 Å². The Morgan fingerprint density at radius 2 is 1.90 bits per heavy atom. The number of anilines is 1. The molecular weight excluding hydrogens is 389 g/mol. The molecule has 1 aliphatic rings. The van der Waals surface area contributed by atoms with Crippen molar-refractivity contribution in [2.24, 2.45) is 0 Å². The van der Waals surface area contributed by atoms with Gasteiger partial charge in [0.1, 0.15) is 11.1 Å². The number of aryl methyl sites for hydroxylation is 2. The summed E-state index contributed by atoms with van der Waals surface area (Å²) < 4.78 is 15.3. The second-order valence-electron chi connectivity index (χ2n) is 7.04. The van der Waals surface area contributed by atoms with Gasteiger partial charge in [0.2, 0.25) is 11.1 Å². The fraction of sp³-hybridized carbons (Fsp3) is 0.286. The van der Waals surface area contributed by atoms with Gasteiger partial charge in [-0.15, -0.1) is 10.2 Å². The molecular formula is C21H22FN5OS. The van der Waals surface area contributed by atoms with E-state index < -0.39 is 5.25 Å². The summed E-state index contributed by atoms with van der Waals surface area (Å²) in [7, 11) is 0. The Labute approximate surface area is 172 Å². The highest BCUT2D eigenvalue weighted by atomic mass is 32.2. The Hall–Kier alpha value is -2.87. The van der Waals surface area contributed by atoms with Crippen molar-refractivity contribution in [1.29, 1.82) is 0 Å². The van der Waals surface area contributed by atoms with Crippen molar-refractivity contribution in [3.63, 3.8) is 0 Å². The fourth-order valence-electron chi connectivity index (χ4n) is 3.25. The molecule has 2 atom stereocenters. The molecule has 4 rings (SSSR count). The predicted molar refractivity (Wildman–Crippen MR) is 112 cm³/mol. The molecule has 1 aliphatic heterocycles. The van der Waals surface area contributed by atoms with E-state index in [1.807, 2.05) is 35.9 Å². The van der Waals surface area contributed by atoms with E-state index in [0.717, 1.165) is 35.5 Å². The number of benzene rings is 2. The summed E-state index contributed by atoms with van der Waals surface area (Å²) in [6, 6.07) is 13.5. The van der Waals surface area contributed by atoms with Crippen LogP contribution in [0.3, 0.4) is 0 Å². The molecule has 1 amide bonds. The van der Waals surface area contributed by atoms with Crippen LogP contribution in [0.15, 0.2) is 53.7 Å². The highest BCUT2D eigenvalue weighted by Crippen LogP contribution is 2.37. The monoisotopic (exact) mass is 411 g/mol. The van der Waals surface area contributed by atoms with Gasteiger partial charge in [-0.2, -0.15) is 0 Å². The summed E-state index contributed by atoms with van der Waals surface area (Å²) in [6.45, 7) is 4.07. The minimum absolute atomic E-state index is 0.146. The van der Waals surface area contributed by atoms with Crippen molar-refractivity contribution in [2.45, 2.75) is 43.1 Å². The molecule has 0 radical (unpaired) electrons. The third-order valence-corrected chi connectivity index (χ3v) is 6.00. The first-order valence-corrected chi connectivity index (χ1v) is 10.4. The van der Waals surface area contributed by atoms with E-state index in [1.165, 1.54) is 23.9 Å². The number of rotatable bonds is 5. The van der Waals surface area contributed by atoms with E-state index in [-0.39, 0.29) is 17.8 Å². The minimum atomic E-state index is -0.493.